The fraction of sp³-hybridized carbons (Fsp3) is 0.286. The van der Waals surface area contributed by atoms with E-state index >= 15 is 0 Å². The molecule has 0 spiro atoms. The molecule has 0 aliphatic carbocycles. The van der Waals surface area contributed by atoms with Crippen LogP contribution in [0.3, 0.4) is 0 Å². The van der Waals surface area contributed by atoms with Gasteiger partial charge >= 0.3 is 0 Å². The third-order valence-corrected chi connectivity index (χ3v) is 5.29. The second-order valence-electron chi connectivity index (χ2n) is 8.64. The molecule has 3 aromatic rings. The predicted molar refractivity (Wildman–Crippen MR) is 125 cm³/mol. The van der Waals surface area contributed by atoms with Crippen LogP contribution >= 0.6 is 0 Å². The van der Waals surface area contributed by atoms with Gasteiger partial charge in [-0.05, 0) is 79.5 Å². The van der Waals surface area contributed by atoms with Crippen molar-refractivity contribution in [3.63, 3.8) is 0 Å². The number of para-hydroxylation sites is 1. The molecule has 0 heterocycles. The number of allylic oxidation sites excluding steroid dienone is 1. The van der Waals surface area contributed by atoms with Crippen molar-refractivity contribution in [2.45, 2.75) is 52.4 Å². The number of ether oxygens (including phenoxy) is 1. The molecule has 0 atom stereocenters. The Hall–Kier alpha value is -2.80. The lowest BCUT2D eigenvalue weighted by Crippen LogP contribution is -2.17. The summed E-state index contributed by atoms with van der Waals surface area (Å²) in [5.41, 5.74) is 5.51. The highest BCUT2D eigenvalue weighted by Gasteiger charge is 2.19. The Morgan fingerprint density at radius 3 is 2.21 bits per heavy atom. The molecular formula is C28H32O. The van der Waals surface area contributed by atoms with Gasteiger partial charge in [0.05, 0.1) is 0 Å². The number of hydrogen-bond donors (Lipinski definition) is 0. The first-order valence-corrected chi connectivity index (χ1v) is 10.5. The van der Waals surface area contributed by atoms with Crippen molar-refractivity contribution in [1.29, 1.82) is 0 Å². The fourth-order valence-corrected chi connectivity index (χ4v) is 3.63. The van der Waals surface area contributed by atoms with E-state index in [0.29, 0.717) is 0 Å². The first-order chi connectivity index (χ1) is 13.9. The molecule has 150 valence electrons. The van der Waals surface area contributed by atoms with Crippen molar-refractivity contribution >= 4 is 6.08 Å². The van der Waals surface area contributed by atoms with Gasteiger partial charge in [0.2, 0.25) is 0 Å². The molecular weight excluding hydrogens is 352 g/mol. The number of rotatable bonds is 8. The van der Waals surface area contributed by atoms with Crippen LogP contribution in [0.15, 0.2) is 84.4 Å². The molecule has 0 aliphatic heterocycles. The first kappa shape index (κ1) is 20.9. The van der Waals surface area contributed by atoms with Crippen molar-refractivity contribution < 1.29 is 4.74 Å². The molecule has 0 aliphatic rings. The summed E-state index contributed by atoms with van der Waals surface area (Å²) < 4.78 is 5.97. The van der Waals surface area contributed by atoms with E-state index in [4.69, 9.17) is 4.74 Å². The lowest BCUT2D eigenvalue weighted by molar-refractivity contribution is 0.460. The van der Waals surface area contributed by atoms with Gasteiger partial charge in [0.15, 0.2) is 0 Å². The minimum atomic E-state index is 0.168. The molecule has 0 unspecified atom stereocenters. The van der Waals surface area contributed by atoms with E-state index in [1.54, 1.807) is 0 Å². The summed E-state index contributed by atoms with van der Waals surface area (Å²) in [6.45, 7) is 8.96. The van der Waals surface area contributed by atoms with E-state index in [9.17, 15) is 0 Å². The maximum absolute atomic E-state index is 5.97. The van der Waals surface area contributed by atoms with Crippen molar-refractivity contribution in [2.24, 2.45) is 0 Å². The lowest BCUT2D eigenvalue weighted by Gasteiger charge is -2.25. The molecule has 1 heteroatoms. The molecule has 0 fully saturated rings. The van der Waals surface area contributed by atoms with Crippen molar-refractivity contribution in [3.05, 3.63) is 101 Å². The Kier molecular flexibility index (Phi) is 6.93. The van der Waals surface area contributed by atoms with E-state index in [2.05, 4.69) is 76.2 Å². The Morgan fingerprint density at radius 2 is 1.52 bits per heavy atom. The van der Waals surface area contributed by atoms with Gasteiger partial charge < -0.3 is 4.74 Å². The molecule has 0 N–H and O–H groups in total. The van der Waals surface area contributed by atoms with Crippen LogP contribution < -0.4 is 4.74 Å². The zero-order valence-electron chi connectivity index (χ0n) is 18.1. The van der Waals surface area contributed by atoms with Crippen LogP contribution in [-0.2, 0) is 11.8 Å². The van der Waals surface area contributed by atoms with Crippen LogP contribution in [0.25, 0.3) is 6.08 Å². The van der Waals surface area contributed by atoms with Gasteiger partial charge in [-0.3, -0.25) is 0 Å². The Labute approximate surface area is 176 Å². The molecule has 29 heavy (non-hydrogen) atoms. The van der Waals surface area contributed by atoms with Gasteiger partial charge in [0.25, 0.3) is 0 Å². The van der Waals surface area contributed by atoms with E-state index in [0.717, 1.165) is 30.8 Å². The summed E-state index contributed by atoms with van der Waals surface area (Å²) in [6.07, 6.45) is 5.59. The van der Waals surface area contributed by atoms with Crippen LogP contribution in [0.2, 0.25) is 0 Å². The van der Waals surface area contributed by atoms with E-state index in [1.807, 2.05) is 36.4 Å². The summed E-state index contributed by atoms with van der Waals surface area (Å²) in [5, 5.41) is 0. The predicted octanol–water partition coefficient (Wildman–Crippen LogP) is 8.20. The van der Waals surface area contributed by atoms with Crippen molar-refractivity contribution in [2.75, 3.05) is 0 Å². The molecule has 1 nitrogen and oxygen atoms in total. The SMILES string of the molecule is CC(C)=Cc1ccc(C(C)(C)CCCc2cccc(Oc3ccccc3)c2)cc1. The number of benzene rings is 3. The average Bonchev–Trinajstić information content (AvgIpc) is 2.69. The summed E-state index contributed by atoms with van der Waals surface area (Å²) in [5.74, 6) is 1.78. The maximum atomic E-state index is 5.97. The van der Waals surface area contributed by atoms with Crippen LogP contribution in [0.5, 0.6) is 11.5 Å². The molecule has 0 saturated heterocycles. The minimum Gasteiger partial charge on any atom is -0.457 e. The van der Waals surface area contributed by atoms with E-state index in [-0.39, 0.29) is 5.41 Å². The summed E-state index contributed by atoms with van der Waals surface area (Å²) in [6, 6.07) is 27.4. The van der Waals surface area contributed by atoms with Gasteiger partial charge in [0, 0.05) is 0 Å². The van der Waals surface area contributed by atoms with E-state index in [1.165, 1.54) is 22.3 Å². The van der Waals surface area contributed by atoms with Crippen molar-refractivity contribution in [1.82, 2.24) is 0 Å². The molecule has 3 rings (SSSR count). The normalized spacial score (nSPS) is 11.2. The topological polar surface area (TPSA) is 9.23 Å². The highest BCUT2D eigenvalue weighted by molar-refractivity contribution is 5.52. The molecule has 0 radical (unpaired) electrons. The van der Waals surface area contributed by atoms with E-state index < -0.39 is 0 Å². The highest BCUT2D eigenvalue weighted by atomic mass is 16.5. The minimum absolute atomic E-state index is 0.168. The molecule has 0 amide bonds. The maximum Gasteiger partial charge on any atom is 0.127 e. The second kappa shape index (κ2) is 9.60. The van der Waals surface area contributed by atoms with Gasteiger partial charge in [0.1, 0.15) is 11.5 Å². The Bertz CT molecular complexity index is 930. The monoisotopic (exact) mass is 384 g/mol. The number of aryl methyl sites for hydroxylation is 1. The zero-order chi connectivity index (χ0) is 20.7. The summed E-state index contributed by atoms with van der Waals surface area (Å²) >= 11 is 0. The fourth-order valence-electron chi connectivity index (χ4n) is 3.63. The molecule has 3 aromatic carbocycles. The summed E-state index contributed by atoms with van der Waals surface area (Å²) in [4.78, 5) is 0. The molecule has 0 aromatic heterocycles. The quantitative estimate of drug-likeness (QED) is 0.380. The van der Waals surface area contributed by atoms with Gasteiger partial charge in [-0.15, -0.1) is 0 Å². The third kappa shape index (κ3) is 6.35. The zero-order valence-corrected chi connectivity index (χ0v) is 18.1. The molecule has 0 bridgehead atoms. The Balaban J connectivity index is 1.57. The van der Waals surface area contributed by atoms with Gasteiger partial charge in [-0.1, -0.05) is 80.1 Å². The average molecular weight is 385 g/mol. The van der Waals surface area contributed by atoms with Crippen LogP contribution in [0, 0.1) is 0 Å². The van der Waals surface area contributed by atoms with Crippen LogP contribution in [-0.4, -0.2) is 0 Å². The van der Waals surface area contributed by atoms with Crippen LogP contribution in [0.1, 0.15) is 57.2 Å². The smallest absolute Gasteiger partial charge is 0.127 e. The van der Waals surface area contributed by atoms with Gasteiger partial charge in [-0.25, -0.2) is 0 Å². The second-order valence-corrected chi connectivity index (χ2v) is 8.64. The van der Waals surface area contributed by atoms with Gasteiger partial charge in [-0.2, -0.15) is 0 Å². The largest absolute Gasteiger partial charge is 0.457 e. The standard InChI is InChI=1S/C28H32O/c1-22(2)20-24-15-17-25(18-16-24)28(3,4)19-9-11-23-10-8-14-27(21-23)29-26-12-6-5-7-13-26/h5-8,10,12-18,20-21H,9,11,19H2,1-4H3. The summed E-state index contributed by atoms with van der Waals surface area (Å²) in [7, 11) is 0. The first-order valence-electron chi connectivity index (χ1n) is 10.5. The highest BCUT2D eigenvalue weighted by Crippen LogP contribution is 2.30. The number of hydrogen-bond acceptors (Lipinski definition) is 1. The third-order valence-electron chi connectivity index (χ3n) is 5.29. The van der Waals surface area contributed by atoms with Crippen molar-refractivity contribution in [3.8, 4) is 11.5 Å². The van der Waals surface area contributed by atoms with Crippen LogP contribution in [0.4, 0.5) is 0 Å². The molecule has 0 saturated carbocycles. The lowest BCUT2D eigenvalue weighted by atomic mass is 9.79. The Morgan fingerprint density at radius 1 is 0.828 bits per heavy atom.